The van der Waals surface area contributed by atoms with E-state index in [9.17, 15) is 14.4 Å². The van der Waals surface area contributed by atoms with Gasteiger partial charge in [-0.05, 0) is 42.5 Å². The minimum atomic E-state index is -0.453. The van der Waals surface area contributed by atoms with Crippen molar-refractivity contribution >= 4 is 34.2 Å². The molecule has 0 spiro atoms. The zero-order valence-corrected chi connectivity index (χ0v) is 13.2. The van der Waals surface area contributed by atoms with Crippen LogP contribution in [0.5, 0.6) is 0 Å². The number of imidazole rings is 1. The highest BCUT2D eigenvalue weighted by Gasteiger charge is 2.18. The van der Waals surface area contributed by atoms with Crippen LogP contribution in [0.25, 0.3) is 11.0 Å². The Balaban J connectivity index is 2.09. The van der Waals surface area contributed by atoms with Gasteiger partial charge in [0.25, 0.3) is 5.91 Å². The first-order chi connectivity index (χ1) is 11.4. The van der Waals surface area contributed by atoms with E-state index in [0.29, 0.717) is 28.0 Å². The fourth-order valence-electron chi connectivity index (χ4n) is 2.58. The van der Waals surface area contributed by atoms with Crippen molar-refractivity contribution in [3.63, 3.8) is 0 Å². The van der Waals surface area contributed by atoms with Gasteiger partial charge in [-0.1, -0.05) is 0 Å². The summed E-state index contributed by atoms with van der Waals surface area (Å²) in [6, 6.07) is 11.3. The van der Waals surface area contributed by atoms with Gasteiger partial charge in [0.1, 0.15) is 0 Å². The van der Waals surface area contributed by atoms with E-state index in [1.165, 1.54) is 11.5 Å². The third-order valence-electron chi connectivity index (χ3n) is 3.74. The van der Waals surface area contributed by atoms with Crippen molar-refractivity contribution in [1.29, 1.82) is 0 Å². The normalized spacial score (nSPS) is 10.8. The molecule has 7 heteroatoms. The number of aryl methyl sites for hydroxylation is 1. The highest BCUT2D eigenvalue weighted by Crippen LogP contribution is 2.18. The largest absolute Gasteiger partial charge is 0.399 e. The van der Waals surface area contributed by atoms with E-state index in [4.69, 9.17) is 5.73 Å². The lowest BCUT2D eigenvalue weighted by molar-refractivity contribution is -0.114. The van der Waals surface area contributed by atoms with Gasteiger partial charge in [-0.15, -0.1) is 0 Å². The van der Waals surface area contributed by atoms with Crippen molar-refractivity contribution in [2.45, 2.75) is 6.92 Å². The minimum absolute atomic E-state index is 0.199. The van der Waals surface area contributed by atoms with E-state index in [-0.39, 0.29) is 5.91 Å². The van der Waals surface area contributed by atoms with Crippen molar-refractivity contribution in [2.24, 2.45) is 7.05 Å². The van der Waals surface area contributed by atoms with Gasteiger partial charge in [-0.3, -0.25) is 14.2 Å². The van der Waals surface area contributed by atoms with Gasteiger partial charge < -0.3 is 11.1 Å². The number of amides is 1. The molecule has 0 atom stereocenters. The Hall–Kier alpha value is -3.35. The Morgan fingerprint density at radius 3 is 2.33 bits per heavy atom. The number of fused-ring (bicyclic) bond motifs is 1. The lowest BCUT2D eigenvalue weighted by Crippen LogP contribution is -2.28. The van der Waals surface area contributed by atoms with E-state index in [0.717, 1.165) is 4.57 Å². The molecular formula is C17H16N4O3. The molecule has 2 aromatic carbocycles. The SMILES string of the molecule is CC(=O)Nc1ccc(C(=O)n2c(=O)n(C)c3ccc(N)cc32)cc1. The lowest BCUT2D eigenvalue weighted by atomic mass is 10.2. The Bertz CT molecular complexity index is 1010. The van der Waals surface area contributed by atoms with Crippen molar-refractivity contribution in [2.75, 3.05) is 11.1 Å². The van der Waals surface area contributed by atoms with Crippen LogP contribution in [0.2, 0.25) is 0 Å². The summed E-state index contributed by atoms with van der Waals surface area (Å²) in [5, 5.41) is 2.62. The molecule has 1 amide bonds. The summed E-state index contributed by atoms with van der Waals surface area (Å²) in [5.74, 6) is -0.652. The Labute approximate surface area is 137 Å². The number of nitrogen functional groups attached to an aromatic ring is 1. The molecule has 0 bridgehead atoms. The number of anilines is 2. The van der Waals surface area contributed by atoms with E-state index < -0.39 is 11.6 Å². The summed E-state index contributed by atoms with van der Waals surface area (Å²) in [7, 11) is 1.60. The third-order valence-corrected chi connectivity index (χ3v) is 3.74. The molecule has 0 radical (unpaired) electrons. The highest BCUT2D eigenvalue weighted by molar-refractivity contribution is 6.02. The van der Waals surface area contributed by atoms with Crippen molar-refractivity contribution in [3.8, 4) is 0 Å². The molecule has 0 aliphatic heterocycles. The fraction of sp³-hybridized carbons (Fsp3) is 0.118. The quantitative estimate of drug-likeness (QED) is 0.699. The summed E-state index contributed by atoms with van der Waals surface area (Å²) >= 11 is 0. The number of hydrogen-bond donors (Lipinski definition) is 2. The first-order valence-electron chi connectivity index (χ1n) is 7.28. The van der Waals surface area contributed by atoms with Gasteiger partial charge in [-0.2, -0.15) is 0 Å². The van der Waals surface area contributed by atoms with Crippen molar-refractivity contribution in [3.05, 3.63) is 58.5 Å². The predicted molar refractivity (Wildman–Crippen MR) is 92.1 cm³/mol. The van der Waals surface area contributed by atoms with Gasteiger partial charge in [0.2, 0.25) is 5.91 Å². The Kier molecular flexibility index (Phi) is 3.69. The summed E-state index contributed by atoms with van der Waals surface area (Å²) in [6.45, 7) is 1.40. The molecule has 3 aromatic rings. The van der Waals surface area contributed by atoms with Crippen molar-refractivity contribution in [1.82, 2.24) is 9.13 Å². The van der Waals surface area contributed by atoms with Crippen LogP contribution in [0.4, 0.5) is 11.4 Å². The third kappa shape index (κ3) is 2.56. The fourth-order valence-corrected chi connectivity index (χ4v) is 2.58. The van der Waals surface area contributed by atoms with Gasteiger partial charge >= 0.3 is 5.69 Å². The van der Waals surface area contributed by atoms with Crippen LogP contribution in [0.15, 0.2) is 47.3 Å². The van der Waals surface area contributed by atoms with E-state index in [1.54, 1.807) is 49.5 Å². The second-order valence-electron chi connectivity index (χ2n) is 5.49. The Morgan fingerprint density at radius 1 is 1.04 bits per heavy atom. The number of carbonyl (C=O) groups is 2. The Morgan fingerprint density at radius 2 is 1.71 bits per heavy atom. The van der Waals surface area contributed by atoms with Gasteiger partial charge in [-0.25, -0.2) is 9.36 Å². The van der Waals surface area contributed by atoms with Crippen LogP contribution in [-0.2, 0) is 11.8 Å². The number of hydrogen-bond acceptors (Lipinski definition) is 4. The molecule has 0 saturated carbocycles. The topological polar surface area (TPSA) is 99.1 Å². The number of carbonyl (C=O) groups excluding carboxylic acids is 2. The molecule has 7 nitrogen and oxygen atoms in total. The molecular weight excluding hydrogens is 308 g/mol. The van der Waals surface area contributed by atoms with Crippen LogP contribution in [0.3, 0.4) is 0 Å². The first-order valence-corrected chi connectivity index (χ1v) is 7.28. The molecule has 0 aliphatic carbocycles. The minimum Gasteiger partial charge on any atom is -0.399 e. The molecule has 1 aromatic heterocycles. The second kappa shape index (κ2) is 5.69. The second-order valence-corrected chi connectivity index (χ2v) is 5.49. The number of aromatic nitrogens is 2. The van der Waals surface area contributed by atoms with Crippen LogP contribution < -0.4 is 16.7 Å². The molecule has 0 unspecified atom stereocenters. The maximum absolute atomic E-state index is 12.8. The van der Waals surface area contributed by atoms with E-state index >= 15 is 0 Å². The average Bonchev–Trinajstić information content (AvgIpc) is 2.78. The molecule has 3 rings (SSSR count). The zero-order chi connectivity index (χ0) is 17.4. The summed E-state index contributed by atoms with van der Waals surface area (Å²) in [6.07, 6.45) is 0. The molecule has 122 valence electrons. The number of nitrogens with zero attached hydrogens (tertiary/aromatic N) is 2. The van der Waals surface area contributed by atoms with Gasteiger partial charge in [0.05, 0.1) is 11.0 Å². The van der Waals surface area contributed by atoms with Crippen LogP contribution >= 0.6 is 0 Å². The summed E-state index contributed by atoms with van der Waals surface area (Å²) in [4.78, 5) is 36.2. The maximum atomic E-state index is 12.8. The monoisotopic (exact) mass is 324 g/mol. The van der Waals surface area contributed by atoms with Crippen LogP contribution in [0.1, 0.15) is 17.3 Å². The average molecular weight is 324 g/mol. The smallest absolute Gasteiger partial charge is 0.335 e. The molecule has 0 aliphatic rings. The van der Waals surface area contributed by atoms with E-state index in [1.807, 2.05) is 0 Å². The highest BCUT2D eigenvalue weighted by atomic mass is 16.2. The standard InChI is InChI=1S/C17H16N4O3/c1-10(22)19-13-6-3-11(4-7-13)16(23)21-15-9-12(18)5-8-14(15)20(2)17(21)24/h3-9H,18H2,1-2H3,(H,19,22). The molecule has 24 heavy (non-hydrogen) atoms. The first kappa shape index (κ1) is 15.5. The number of benzene rings is 2. The summed E-state index contributed by atoms with van der Waals surface area (Å²) < 4.78 is 2.50. The molecule has 0 fully saturated rings. The van der Waals surface area contributed by atoms with Gasteiger partial charge in [0.15, 0.2) is 0 Å². The molecule has 0 saturated heterocycles. The van der Waals surface area contributed by atoms with Crippen LogP contribution in [0, 0.1) is 0 Å². The molecule has 1 heterocycles. The number of nitrogens with one attached hydrogen (secondary N) is 1. The number of nitrogens with two attached hydrogens (primary N) is 1. The van der Waals surface area contributed by atoms with E-state index in [2.05, 4.69) is 5.32 Å². The number of rotatable bonds is 2. The maximum Gasteiger partial charge on any atom is 0.335 e. The van der Waals surface area contributed by atoms with Gasteiger partial charge in [0, 0.05) is 30.9 Å². The molecule has 3 N–H and O–H groups in total. The van der Waals surface area contributed by atoms with Crippen LogP contribution in [-0.4, -0.2) is 20.9 Å². The zero-order valence-electron chi connectivity index (χ0n) is 13.2. The lowest BCUT2D eigenvalue weighted by Gasteiger charge is -2.05. The summed E-state index contributed by atoms with van der Waals surface area (Å²) in [5.41, 5.74) is 7.80. The predicted octanol–water partition coefficient (Wildman–Crippen LogP) is 1.57. The van der Waals surface area contributed by atoms with Crippen molar-refractivity contribution < 1.29 is 9.59 Å².